The van der Waals surface area contributed by atoms with Crippen molar-refractivity contribution in [3.8, 4) is 0 Å². The monoisotopic (exact) mass is 1300 g/mol. The maximum Gasteiger partial charge on any atom is 0.472 e. The van der Waals surface area contributed by atoms with E-state index in [-0.39, 0.29) is 25.7 Å². The summed E-state index contributed by atoms with van der Waals surface area (Å²) in [5.74, 6) is -1.39. The molecule has 0 aromatic heterocycles. The number of carbonyl (C=O) groups is 4. The Balaban J connectivity index is 5.25. The van der Waals surface area contributed by atoms with Crippen LogP contribution in [0.25, 0.3) is 0 Å². The molecule has 0 aromatic rings. The Morgan fingerprint density at radius 2 is 0.523 bits per heavy atom. The van der Waals surface area contributed by atoms with Crippen LogP contribution in [0.3, 0.4) is 0 Å². The lowest BCUT2D eigenvalue weighted by molar-refractivity contribution is -0.161. The summed E-state index contributed by atoms with van der Waals surface area (Å²) in [6, 6.07) is 0. The van der Waals surface area contributed by atoms with Gasteiger partial charge in [-0.05, 0) is 31.6 Å². The van der Waals surface area contributed by atoms with Crippen molar-refractivity contribution in [1.29, 1.82) is 0 Å². The molecule has 0 spiro atoms. The zero-order valence-corrected chi connectivity index (χ0v) is 58.6. The first-order chi connectivity index (χ1) is 42.5. The Morgan fingerprint density at radius 3 is 0.773 bits per heavy atom. The van der Waals surface area contributed by atoms with Crippen LogP contribution in [0.4, 0.5) is 0 Å². The van der Waals surface area contributed by atoms with Gasteiger partial charge in [-0.3, -0.25) is 37.3 Å². The van der Waals surface area contributed by atoms with Gasteiger partial charge in [-0.25, -0.2) is 9.13 Å². The van der Waals surface area contributed by atoms with Crippen LogP contribution in [0.1, 0.15) is 356 Å². The minimum absolute atomic E-state index is 0.107. The largest absolute Gasteiger partial charge is 0.472 e. The molecule has 88 heavy (non-hydrogen) atoms. The zero-order valence-electron chi connectivity index (χ0n) is 56.9. The standard InChI is InChI=1S/C69H134O17P2/c1-6-9-12-15-18-21-24-27-30-33-40-45-50-55-69(74)85-64(58-79-66(71)52-47-42-37-31-28-25-22-19-16-13-10-7-2)60-83-87(75,76)81-56-63(70)57-82-88(77,78)84-61-65(59-80-67(72)53-48-43-38-35-34-36-41-46-51-62(4)5)86-68(73)54-49-44-39-32-29-26-23-20-17-14-11-8-3/h62-65,70H,6-61H2,1-5H3,(H,75,76)(H,77,78)/t63-,64-,65-/m1/s1. The summed E-state index contributed by atoms with van der Waals surface area (Å²) in [5.41, 5.74) is 0. The van der Waals surface area contributed by atoms with Gasteiger partial charge in [0, 0.05) is 25.7 Å². The third-order valence-electron chi connectivity index (χ3n) is 16.0. The molecule has 0 aromatic carbocycles. The van der Waals surface area contributed by atoms with Gasteiger partial charge in [0.15, 0.2) is 12.2 Å². The smallest absolute Gasteiger partial charge is 0.462 e. The highest BCUT2D eigenvalue weighted by atomic mass is 31.2. The Morgan fingerprint density at radius 1 is 0.307 bits per heavy atom. The normalized spacial score (nSPS) is 14.1. The van der Waals surface area contributed by atoms with E-state index in [1.807, 2.05) is 0 Å². The molecule has 3 N–H and O–H groups in total. The first-order valence-electron chi connectivity index (χ1n) is 36.1. The molecule has 17 nitrogen and oxygen atoms in total. The predicted molar refractivity (Wildman–Crippen MR) is 354 cm³/mol. The lowest BCUT2D eigenvalue weighted by atomic mass is 10.0. The summed E-state index contributed by atoms with van der Waals surface area (Å²) in [5, 5.41) is 10.6. The first kappa shape index (κ1) is 86.1. The molecule has 0 aliphatic rings. The number of hydrogen-bond donors (Lipinski definition) is 3. The van der Waals surface area contributed by atoms with Crippen LogP contribution in [0.2, 0.25) is 0 Å². The first-order valence-corrected chi connectivity index (χ1v) is 39.1. The van der Waals surface area contributed by atoms with Crippen LogP contribution >= 0.6 is 15.6 Å². The fourth-order valence-corrected chi connectivity index (χ4v) is 12.0. The Kier molecular flexibility index (Phi) is 61.1. The number of phosphoric ester groups is 2. The van der Waals surface area contributed by atoms with E-state index in [0.29, 0.717) is 25.7 Å². The van der Waals surface area contributed by atoms with Crippen LogP contribution in [0.5, 0.6) is 0 Å². The molecule has 0 saturated carbocycles. The molecule has 0 bridgehead atoms. The van der Waals surface area contributed by atoms with E-state index in [1.54, 1.807) is 0 Å². The number of ether oxygens (including phenoxy) is 4. The van der Waals surface area contributed by atoms with Crippen molar-refractivity contribution in [3.63, 3.8) is 0 Å². The molecule has 5 atom stereocenters. The molecular formula is C69H134O17P2. The number of rotatable bonds is 69. The van der Waals surface area contributed by atoms with Crippen molar-refractivity contribution in [1.82, 2.24) is 0 Å². The van der Waals surface area contributed by atoms with Crippen molar-refractivity contribution in [2.24, 2.45) is 5.92 Å². The van der Waals surface area contributed by atoms with E-state index in [4.69, 9.17) is 37.0 Å². The quantitative estimate of drug-likeness (QED) is 0.0222. The second-order valence-electron chi connectivity index (χ2n) is 25.4. The lowest BCUT2D eigenvalue weighted by Gasteiger charge is -2.21. The average Bonchev–Trinajstić information content (AvgIpc) is 3.61. The highest BCUT2D eigenvalue weighted by molar-refractivity contribution is 7.47. The predicted octanol–water partition coefficient (Wildman–Crippen LogP) is 19.7. The Labute approximate surface area is 537 Å². The molecule has 0 aliphatic heterocycles. The summed E-state index contributed by atoms with van der Waals surface area (Å²) in [6.45, 7) is 7.21. The van der Waals surface area contributed by atoms with Gasteiger partial charge in [0.25, 0.3) is 0 Å². The number of hydrogen-bond acceptors (Lipinski definition) is 15. The Hall–Kier alpha value is -1.94. The molecule has 0 radical (unpaired) electrons. The highest BCUT2D eigenvalue weighted by Crippen LogP contribution is 2.45. The molecule has 0 amide bonds. The van der Waals surface area contributed by atoms with Crippen molar-refractivity contribution in [2.75, 3.05) is 39.6 Å². The minimum atomic E-state index is -4.95. The maximum absolute atomic E-state index is 13.0. The zero-order chi connectivity index (χ0) is 64.9. The number of phosphoric acid groups is 2. The van der Waals surface area contributed by atoms with E-state index >= 15 is 0 Å². The summed E-state index contributed by atoms with van der Waals surface area (Å²) in [7, 11) is -9.90. The summed E-state index contributed by atoms with van der Waals surface area (Å²) in [6.07, 6.45) is 48.4. The molecule has 0 saturated heterocycles. The van der Waals surface area contributed by atoms with Gasteiger partial charge in [0.1, 0.15) is 19.3 Å². The topological polar surface area (TPSA) is 237 Å². The molecule has 0 aliphatic carbocycles. The van der Waals surface area contributed by atoms with Crippen LogP contribution in [-0.4, -0.2) is 96.7 Å². The number of unbranched alkanes of at least 4 members (excludes halogenated alkanes) is 41. The van der Waals surface area contributed by atoms with Gasteiger partial charge in [0.2, 0.25) is 0 Å². The van der Waals surface area contributed by atoms with Gasteiger partial charge in [-0.15, -0.1) is 0 Å². The second kappa shape index (κ2) is 62.5. The van der Waals surface area contributed by atoms with Crippen LogP contribution in [0.15, 0.2) is 0 Å². The van der Waals surface area contributed by atoms with Crippen molar-refractivity contribution in [2.45, 2.75) is 374 Å². The lowest BCUT2D eigenvalue weighted by Crippen LogP contribution is -2.30. The molecule has 19 heteroatoms. The van der Waals surface area contributed by atoms with E-state index < -0.39 is 97.5 Å². The Bertz CT molecular complexity index is 1700. The van der Waals surface area contributed by atoms with Gasteiger partial charge >= 0.3 is 39.5 Å². The molecule has 0 heterocycles. The van der Waals surface area contributed by atoms with Gasteiger partial charge in [-0.2, -0.15) is 0 Å². The van der Waals surface area contributed by atoms with Crippen LogP contribution < -0.4 is 0 Å². The third-order valence-corrected chi connectivity index (χ3v) is 17.9. The van der Waals surface area contributed by atoms with Crippen molar-refractivity contribution >= 4 is 39.5 Å². The molecule has 0 fully saturated rings. The van der Waals surface area contributed by atoms with Crippen LogP contribution in [-0.2, 0) is 65.4 Å². The van der Waals surface area contributed by atoms with E-state index in [2.05, 4.69) is 34.6 Å². The fraction of sp³-hybridized carbons (Fsp3) is 0.942. The van der Waals surface area contributed by atoms with Gasteiger partial charge < -0.3 is 33.8 Å². The number of aliphatic hydroxyl groups excluding tert-OH is 1. The van der Waals surface area contributed by atoms with Crippen molar-refractivity contribution < 1.29 is 80.2 Å². The van der Waals surface area contributed by atoms with E-state index in [1.165, 1.54) is 180 Å². The second-order valence-corrected chi connectivity index (χ2v) is 28.3. The number of esters is 4. The van der Waals surface area contributed by atoms with Crippen molar-refractivity contribution in [3.05, 3.63) is 0 Å². The molecule has 522 valence electrons. The summed E-state index contributed by atoms with van der Waals surface area (Å²) < 4.78 is 68.2. The SMILES string of the molecule is CCCCCCCCCCCCCCCC(=O)O[C@H](COC(=O)CCCCCCCCCCCCCC)COP(=O)(O)OC[C@@H](O)COP(=O)(O)OC[C@@H](COC(=O)CCCCCCCCCCC(C)C)OC(=O)CCCCCCCCCCCCCC. The molecule has 2 unspecified atom stereocenters. The number of aliphatic hydroxyl groups is 1. The average molecular weight is 1300 g/mol. The van der Waals surface area contributed by atoms with E-state index in [9.17, 15) is 43.2 Å². The summed E-state index contributed by atoms with van der Waals surface area (Å²) >= 11 is 0. The third kappa shape index (κ3) is 62.8. The summed E-state index contributed by atoms with van der Waals surface area (Å²) in [4.78, 5) is 72.5. The van der Waals surface area contributed by atoms with E-state index in [0.717, 1.165) is 95.8 Å². The fourth-order valence-electron chi connectivity index (χ4n) is 10.5. The van der Waals surface area contributed by atoms with Gasteiger partial charge in [-0.1, -0.05) is 304 Å². The molecular weight excluding hydrogens is 1160 g/mol. The molecule has 0 rings (SSSR count). The highest BCUT2D eigenvalue weighted by Gasteiger charge is 2.30. The van der Waals surface area contributed by atoms with Crippen LogP contribution in [0, 0.1) is 5.92 Å². The minimum Gasteiger partial charge on any atom is -0.462 e. The number of carbonyl (C=O) groups excluding carboxylic acids is 4. The maximum atomic E-state index is 13.0. The van der Waals surface area contributed by atoms with Gasteiger partial charge in [0.05, 0.1) is 26.4 Å².